The first-order valence-corrected chi connectivity index (χ1v) is 5.69. The molecule has 0 aliphatic heterocycles. The van der Waals surface area contributed by atoms with Crippen LogP contribution in [0, 0.1) is 0 Å². The van der Waals surface area contributed by atoms with Gasteiger partial charge in [-0.25, -0.2) is 0 Å². The van der Waals surface area contributed by atoms with Crippen LogP contribution in [-0.4, -0.2) is 12.2 Å². The molecular formula is C13H22O. The average molecular weight is 194 g/mol. The molecule has 1 fully saturated rings. The molecule has 0 saturated heterocycles. The summed E-state index contributed by atoms with van der Waals surface area (Å²) in [5.74, 6) is 0. The molecule has 1 nitrogen and oxygen atoms in total. The molecule has 0 bridgehead atoms. The van der Waals surface area contributed by atoms with Crippen molar-refractivity contribution in [1.29, 1.82) is 0 Å². The zero-order chi connectivity index (χ0) is 10.3. The van der Waals surface area contributed by atoms with Gasteiger partial charge in [0, 0.05) is 0 Å². The average Bonchev–Trinajstić information content (AvgIpc) is 2.42. The van der Waals surface area contributed by atoms with Gasteiger partial charge in [0.2, 0.25) is 0 Å². The van der Waals surface area contributed by atoms with E-state index in [1.807, 2.05) is 12.2 Å². The van der Waals surface area contributed by atoms with Gasteiger partial charge in [-0.2, -0.15) is 0 Å². The second kappa shape index (κ2) is 6.02. The van der Waals surface area contributed by atoms with E-state index in [2.05, 4.69) is 13.2 Å². The Morgan fingerprint density at radius 3 is 2.14 bits per heavy atom. The predicted molar refractivity (Wildman–Crippen MR) is 61.4 cm³/mol. The summed E-state index contributed by atoms with van der Waals surface area (Å²) in [5, 5.41) is 0. The molecule has 0 unspecified atom stereocenters. The monoisotopic (exact) mass is 194 g/mol. The van der Waals surface area contributed by atoms with Gasteiger partial charge in [0.25, 0.3) is 0 Å². The van der Waals surface area contributed by atoms with Crippen LogP contribution in [0.5, 0.6) is 0 Å². The summed E-state index contributed by atoms with van der Waals surface area (Å²) < 4.78 is 5.95. The lowest BCUT2D eigenvalue weighted by molar-refractivity contribution is -0.0400. The highest BCUT2D eigenvalue weighted by molar-refractivity contribution is 4.90. The van der Waals surface area contributed by atoms with Crippen LogP contribution in [0.15, 0.2) is 25.3 Å². The Morgan fingerprint density at radius 1 is 1.00 bits per heavy atom. The highest BCUT2D eigenvalue weighted by atomic mass is 16.5. The third-order valence-electron chi connectivity index (χ3n) is 3.04. The molecule has 80 valence electrons. The van der Waals surface area contributed by atoms with Crippen LogP contribution in [0.2, 0.25) is 0 Å². The van der Waals surface area contributed by atoms with Crippen molar-refractivity contribution in [1.82, 2.24) is 0 Å². The molecule has 0 aromatic heterocycles. The highest BCUT2D eigenvalue weighted by Gasteiger charge is 2.29. The Kier molecular flexibility index (Phi) is 4.95. The molecule has 14 heavy (non-hydrogen) atoms. The van der Waals surface area contributed by atoms with Crippen LogP contribution >= 0.6 is 0 Å². The second-order valence-corrected chi connectivity index (χ2v) is 4.19. The van der Waals surface area contributed by atoms with Gasteiger partial charge in [-0.1, -0.05) is 37.8 Å². The number of hydrogen-bond acceptors (Lipinski definition) is 1. The maximum absolute atomic E-state index is 5.95. The fourth-order valence-corrected chi connectivity index (χ4v) is 2.28. The molecule has 0 radical (unpaired) electrons. The first-order valence-electron chi connectivity index (χ1n) is 5.69. The van der Waals surface area contributed by atoms with Crippen molar-refractivity contribution in [3.8, 4) is 0 Å². The Hall–Kier alpha value is -0.560. The van der Waals surface area contributed by atoms with E-state index < -0.39 is 0 Å². The molecule has 0 amide bonds. The van der Waals surface area contributed by atoms with E-state index >= 15 is 0 Å². The molecular weight excluding hydrogens is 172 g/mol. The van der Waals surface area contributed by atoms with Crippen molar-refractivity contribution >= 4 is 0 Å². The minimum absolute atomic E-state index is 0.0758. The Labute approximate surface area is 87.8 Å². The van der Waals surface area contributed by atoms with Gasteiger partial charge in [-0.15, -0.1) is 13.2 Å². The van der Waals surface area contributed by atoms with Crippen LogP contribution in [0.1, 0.15) is 44.9 Å². The lowest BCUT2D eigenvalue weighted by Gasteiger charge is -2.31. The summed E-state index contributed by atoms with van der Waals surface area (Å²) in [7, 11) is 0. The first-order chi connectivity index (χ1) is 6.83. The van der Waals surface area contributed by atoms with Crippen molar-refractivity contribution in [2.24, 2.45) is 0 Å². The molecule has 0 aromatic carbocycles. The fraction of sp³-hybridized carbons (Fsp3) is 0.692. The first kappa shape index (κ1) is 11.5. The quantitative estimate of drug-likeness (QED) is 0.477. The molecule has 1 rings (SSSR count). The van der Waals surface area contributed by atoms with E-state index in [9.17, 15) is 0 Å². The van der Waals surface area contributed by atoms with Gasteiger partial charge in [0.15, 0.2) is 0 Å². The SMILES string of the molecule is C=CCOC1(CC=C)CCCCCC1. The summed E-state index contributed by atoms with van der Waals surface area (Å²) in [6, 6.07) is 0. The fourth-order valence-electron chi connectivity index (χ4n) is 2.28. The zero-order valence-corrected chi connectivity index (χ0v) is 9.13. The molecule has 0 heterocycles. The Balaban J connectivity index is 2.56. The summed E-state index contributed by atoms with van der Waals surface area (Å²) in [5.41, 5.74) is 0.0758. The second-order valence-electron chi connectivity index (χ2n) is 4.19. The van der Waals surface area contributed by atoms with Gasteiger partial charge < -0.3 is 4.74 Å². The Bertz CT molecular complexity index is 176. The predicted octanol–water partition coefficient (Wildman–Crippen LogP) is 3.86. The number of rotatable bonds is 5. The molecule has 0 spiro atoms. The topological polar surface area (TPSA) is 9.23 Å². The van der Waals surface area contributed by atoms with Gasteiger partial charge in [-0.3, -0.25) is 0 Å². The van der Waals surface area contributed by atoms with Gasteiger partial charge in [0.1, 0.15) is 0 Å². The lowest BCUT2D eigenvalue weighted by Crippen LogP contribution is -2.31. The van der Waals surface area contributed by atoms with E-state index in [0.29, 0.717) is 6.61 Å². The maximum Gasteiger partial charge on any atom is 0.0721 e. The van der Waals surface area contributed by atoms with E-state index in [1.165, 1.54) is 38.5 Å². The lowest BCUT2D eigenvalue weighted by atomic mass is 9.90. The van der Waals surface area contributed by atoms with Crippen LogP contribution < -0.4 is 0 Å². The summed E-state index contributed by atoms with van der Waals surface area (Å²) in [6.07, 6.45) is 12.5. The largest absolute Gasteiger partial charge is 0.371 e. The standard InChI is InChI=1S/C13H22O/c1-3-9-13(14-12-4-2)10-7-5-6-8-11-13/h3-4H,1-2,5-12H2. The molecule has 0 N–H and O–H groups in total. The van der Waals surface area contributed by atoms with Crippen LogP contribution in [-0.2, 0) is 4.74 Å². The number of hydrogen-bond donors (Lipinski definition) is 0. The highest BCUT2D eigenvalue weighted by Crippen LogP contribution is 2.33. The third-order valence-corrected chi connectivity index (χ3v) is 3.04. The Morgan fingerprint density at radius 2 is 1.64 bits per heavy atom. The summed E-state index contributed by atoms with van der Waals surface area (Å²) in [6.45, 7) is 8.22. The molecule has 1 saturated carbocycles. The normalized spacial score (nSPS) is 21.1. The molecule has 1 heteroatoms. The van der Waals surface area contributed by atoms with Crippen molar-refractivity contribution < 1.29 is 4.74 Å². The van der Waals surface area contributed by atoms with E-state index in [1.54, 1.807) is 0 Å². The molecule has 1 aliphatic carbocycles. The van der Waals surface area contributed by atoms with Crippen molar-refractivity contribution in [2.75, 3.05) is 6.61 Å². The van der Waals surface area contributed by atoms with Crippen LogP contribution in [0.3, 0.4) is 0 Å². The van der Waals surface area contributed by atoms with E-state index in [0.717, 1.165) is 6.42 Å². The molecule has 0 aromatic rings. The van der Waals surface area contributed by atoms with Crippen LogP contribution in [0.25, 0.3) is 0 Å². The van der Waals surface area contributed by atoms with Gasteiger partial charge in [-0.05, 0) is 19.3 Å². The van der Waals surface area contributed by atoms with Crippen LogP contribution in [0.4, 0.5) is 0 Å². The van der Waals surface area contributed by atoms with E-state index in [4.69, 9.17) is 4.74 Å². The van der Waals surface area contributed by atoms with E-state index in [-0.39, 0.29) is 5.60 Å². The summed E-state index contributed by atoms with van der Waals surface area (Å²) >= 11 is 0. The smallest absolute Gasteiger partial charge is 0.0721 e. The minimum Gasteiger partial charge on any atom is -0.371 e. The van der Waals surface area contributed by atoms with Crippen molar-refractivity contribution in [2.45, 2.75) is 50.5 Å². The zero-order valence-electron chi connectivity index (χ0n) is 9.13. The summed E-state index contributed by atoms with van der Waals surface area (Å²) in [4.78, 5) is 0. The molecule has 0 atom stereocenters. The van der Waals surface area contributed by atoms with Crippen molar-refractivity contribution in [3.05, 3.63) is 25.3 Å². The third kappa shape index (κ3) is 3.30. The van der Waals surface area contributed by atoms with Crippen molar-refractivity contribution in [3.63, 3.8) is 0 Å². The molecule has 1 aliphatic rings. The van der Waals surface area contributed by atoms with Gasteiger partial charge in [0.05, 0.1) is 12.2 Å². The van der Waals surface area contributed by atoms with Gasteiger partial charge >= 0.3 is 0 Å². The maximum atomic E-state index is 5.95. The minimum atomic E-state index is 0.0758. The number of ether oxygens (including phenoxy) is 1.